The van der Waals surface area contributed by atoms with Crippen molar-refractivity contribution in [2.75, 3.05) is 13.1 Å². The maximum atomic E-state index is 6.28. The third-order valence-electron chi connectivity index (χ3n) is 5.15. The van der Waals surface area contributed by atoms with Crippen molar-refractivity contribution < 1.29 is 0 Å². The summed E-state index contributed by atoms with van der Waals surface area (Å²) in [5, 5.41) is 0. The Kier molecular flexibility index (Phi) is 8.01. The maximum absolute atomic E-state index is 6.28. The Balaban J connectivity index is 2.82. The van der Waals surface area contributed by atoms with Gasteiger partial charge in [0.2, 0.25) is 0 Å². The zero-order valence-electron chi connectivity index (χ0n) is 13.6. The number of hydrogen-bond acceptors (Lipinski definition) is 2. The first-order valence-electron chi connectivity index (χ1n) is 8.67. The van der Waals surface area contributed by atoms with E-state index >= 15 is 0 Å². The molecule has 1 unspecified atom stereocenters. The highest BCUT2D eigenvalue weighted by Crippen LogP contribution is 2.33. The van der Waals surface area contributed by atoms with E-state index in [2.05, 4.69) is 25.7 Å². The Morgan fingerprint density at radius 3 is 2.11 bits per heavy atom. The van der Waals surface area contributed by atoms with Gasteiger partial charge in [0.05, 0.1) is 0 Å². The Morgan fingerprint density at radius 1 is 1.05 bits per heavy atom. The first-order chi connectivity index (χ1) is 9.20. The lowest BCUT2D eigenvalue weighted by molar-refractivity contribution is 0.0295. The molecule has 1 atom stereocenters. The summed E-state index contributed by atoms with van der Waals surface area (Å²) in [6.07, 6.45) is 13.5. The van der Waals surface area contributed by atoms with Crippen LogP contribution >= 0.6 is 0 Å². The van der Waals surface area contributed by atoms with Crippen molar-refractivity contribution in [2.24, 2.45) is 5.73 Å². The van der Waals surface area contributed by atoms with E-state index < -0.39 is 0 Å². The minimum atomic E-state index is 0.297. The summed E-state index contributed by atoms with van der Waals surface area (Å²) in [4.78, 5) is 2.78. The fourth-order valence-electron chi connectivity index (χ4n) is 3.65. The van der Waals surface area contributed by atoms with Gasteiger partial charge >= 0.3 is 0 Å². The highest BCUT2D eigenvalue weighted by molar-refractivity contribution is 4.94. The number of nitrogens with zero attached hydrogens (tertiary/aromatic N) is 1. The topological polar surface area (TPSA) is 29.3 Å². The molecule has 114 valence electrons. The van der Waals surface area contributed by atoms with E-state index in [0.29, 0.717) is 11.6 Å². The predicted molar refractivity (Wildman–Crippen MR) is 85.5 cm³/mol. The predicted octanol–water partition coefficient (Wildman–Crippen LogP) is 4.33. The zero-order chi connectivity index (χ0) is 14.1. The first kappa shape index (κ1) is 17.0. The molecular weight excluding hydrogens is 232 g/mol. The van der Waals surface area contributed by atoms with E-state index in [9.17, 15) is 0 Å². The summed E-state index contributed by atoms with van der Waals surface area (Å²) >= 11 is 0. The van der Waals surface area contributed by atoms with Gasteiger partial charge in [0.15, 0.2) is 0 Å². The monoisotopic (exact) mass is 268 g/mol. The molecule has 19 heavy (non-hydrogen) atoms. The summed E-state index contributed by atoms with van der Waals surface area (Å²) in [5.41, 5.74) is 6.58. The molecule has 0 bridgehead atoms. The van der Waals surface area contributed by atoms with Gasteiger partial charge in [-0.1, -0.05) is 52.4 Å². The van der Waals surface area contributed by atoms with Crippen LogP contribution in [0.5, 0.6) is 0 Å². The van der Waals surface area contributed by atoms with E-state index in [0.717, 1.165) is 6.54 Å². The molecular formula is C17H36N2. The molecule has 1 saturated carbocycles. The number of nitrogens with two attached hydrogens (primary N) is 1. The van der Waals surface area contributed by atoms with Crippen molar-refractivity contribution in [2.45, 2.75) is 96.6 Å². The summed E-state index contributed by atoms with van der Waals surface area (Å²) in [7, 11) is 0. The van der Waals surface area contributed by atoms with Crippen LogP contribution in [0.25, 0.3) is 0 Å². The van der Waals surface area contributed by atoms with E-state index in [1.54, 1.807) is 0 Å². The molecule has 0 saturated heterocycles. The minimum absolute atomic E-state index is 0.297. The van der Waals surface area contributed by atoms with Crippen LogP contribution in [0.2, 0.25) is 0 Å². The van der Waals surface area contributed by atoms with Crippen molar-refractivity contribution >= 4 is 0 Å². The smallest absolute Gasteiger partial charge is 0.0334 e. The van der Waals surface area contributed by atoms with E-state index in [1.807, 2.05) is 0 Å². The zero-order valence-corrected chi connectivity index (χ0v) is 13.6. The third kappa shape index (κ3) is 4.75. The van der Waals surface area contributed by atoms with Crippen LogP contribution in [0, 0.1) is 0 Å². The second-order valence-electron chi connectivity index (χ2n) is 6.50. The highest BCUT2D eigenvalue weighted by Gasteiger charge is 2.36. The molecule has 1 aliphatic carbocycles. The lowest BCUT2D eigenvalue weighted by atomic mass is 9.81. The molecule has 0 spiro atoms. The molecule has 0 aromatic carbocycles. The van der Waals surface area contributed by atoms with Gasteiger partial charge in [0.1, 0.15) is 0 Å². The standard InChI is InChI=1S/C17H36N2/c1-4-6-14-19(16(3)5-2)17(15-18)12-10-8-7-9-11-13-17/h16H,4-15,18H2,1-3H3. The normalized spacial score (nSPS) is 21.9. The molecule has 2 nitrogen and oxygen atoms in total. The average molecular weight is 268 g/mol. The molecule has 0 aromatic heterocycles. The van der Waals surface area contributed by atoms with Crippen LogP contribution in [0.15, 0.2) is 0 Å². The third-order valence-corrected chi connectivity index (χ3v) is 5.15. The van der Waals surface area contributed by atoms with Crippen LogP contribution < -0.4 is 5.73 Å². The maximum Gasteiger partial charge on any atom is 0.0334 e. The SMILES string of the molecule is CCCCN(C(C)CC)C1(CN)CCCCCCC1. The van der Waals surface area contributed by atoms with Crippen molar-refractivity contribution in [3.63, 3.8) is 0 Å². The lowest BCUT2D eigenvalue weighted by Gasteiger charge is -2.48. The molecule has 1 rings (SSSR count). The number of unbranched alkanes of at least 4 members (excludes halogenated alkanes) is 1. The molecule has 0 aliphatic heterocycles. The average Bonchev–Trinajstić information content (AvgIpc) is 2.41. The fraction of sp³-hybridized carbons (Fsp3) is 1.00. The molecule has 2 heteroatoms. The van der Waals surface area contributed by atoms with E-state index in [-0.39, 0.29) is 0 Å². The summed E-state index contributed by atoms with van der Waals surface area (Å²) in [5.74, 6) is 0. The van der Waals surface area contributed by atoms with Crippen LogP contribution in [0.4, 0.5) is 0 Å². The van der Waals surface area contributed by atoms with Gasteiger partial charge in [-0.25, -0.2) is 0 Å². The van der Waals surface area contributed by atoms with Crippen molar-refractivity contribution in [3.05, 3.63) is 0 Å². The van der Waals surface area contributed by atoms with Crippen molar-refractivity contribution in [1.29, 1.82) is 0 Å². The Labute approximate surface area is 121 Å². The van der Waals surface area contributed by atoms with Gasteiger partial charge < -0.3 is 5.73 Å². The number of hydrogen-bond donors (Lipinski definition) is 1. The van der Waals surface area contributed by atoms with Crippen LogP contribution in [-0.4, -0.2) is 29.6 Å². The van der Waals surface area contributed by atoms with Gasteiger partial charge in [-0.2, -0.15) is 0 Å². The molecule has 0 aromatic rings. The van der Waals surface area contributed by atoms with Gasteiger partial charge in [-0.15, -0.1) is 0 Å². The summed E-state index contributed by atoms with van der Waals surface area (Å²) < 4.78 is 0. The van der Waals surface area contributed by atoms with E-state index in [1.165, 1.54) is 70.8 Å². The second kappa shape index (κ2) is 8.97. The van der Waals surface area contributed by atoms with Crippen molar-refractivity contribution in [3.8, 4) is 0 Å². The van der Waals surface area contributed by atoms with E-state index in [4.69, 9.17) is 5.73 Å². The fourth-order valence-corrected chi connectivity index (χ4v) is 3.65. The summed E-state index contributed by atoms with van der Waals surface area (Å²) in [6, 6.07) is 0.675. The lowest BCUT2D eigenvalue weighted by Crippen LogP contribution is -2.57. The molecule has 0 amide bonds. The van der Waals surface area contributed by atoms with Crippen LogP contribution in [0.3, 0.4) is 0 Å². The van der Waals surface area contributed by atoms with Gasteiger partial charge in [-0.3, -0.25) is 4.90 Å². The Bertz CT molecular complexity index is 219. The molecule has 1 aliphatic rings. The highest BCUT2D eigenvalue weighted by atomic mass is 15.2. The second-order valence-corrected chi connectivity index (χ2v) is 6.50. The van der Waals surface area contributed by atoms with Crippen LogP contribution in [0.1, 0.15) is 85.0 Å². The largest absolute Gasteiger partial charge is 0.329 e. The molecule has 1 fully saturated rings. The summed E-state index contributed by atoms with van der Waals surface area (Å²) in [6.45, 7) is 9.09. The molecule has 2 N–H and O–H groups in total. The minimum Gasteiger partial charge on any atom is -0.329 e. The molecule has 0 radical (unpaired) electrons. The number of rotatable bonds is 7. The van der Waals surface area contributed by atoms with Gasteiger partial charge in [0.25, 0.3) is 0 Å². The Morgan fingerprint density at radius 2 is 1.63 bits per heavy atom. The molecule has 0 heterocycles. The Hall–Kier alpha value is -0.0800. The quantitative estimate of drug-likeness (QED) is 0.744. The van der Waals surface area contributed by atoms with Crippen molar-refractivity contribution in [1.82, 2.24) is 4.90 Å². The van der Waals surface area contributed by atoms with Gasteiger partial charge in [-0.05, 0) is 39.2 Å². The first-order valence-corrected chi connectivity index (χ1v) is 8.67. The van der Waals surface area contributed by atoms with Crippen LogP contribution in [-0.2, 0) is 0 Å². The van der Waals surface area contributed by atoms with Gasteiger partial charge in [0, 0.05) is 18.1 Å².